The Morgan fingerprint density at radius 2 is 2.23 bits per heavy atom. The molecule has 13 heavy (non-hydrogen) atoms. The van der Waals surface area contributed by atoms with E-state index in [1.165, 1.54) is 7.11 Å². The van der Waals surface area contributed by atoms with Crippen molar-refractivity contribution in [2.45, 2.75) is 38.5 Å². The number of halogens is 1. The van der Waals surface area contributed by atoms with Gasteiger partial charge in [0.25, 0.3) is 0 Å². The van der Waals surface area contributed by atoms with Gasteiger partial charge in [-0.1, -0.05) is 6.92 Å². The van der Waals surface area contributed by atoms with E-state index in [1.54, 1.807) is 0 Å². The molecule has 0 aromatic carbocycles. The van der Waals surface area contributed by atoms with Crippen molar-refractivity contribution in [2.24, 2.45) is 11.3 Å². The molecule has 3 atom stereocenters. The molecular formula is C10H17ClO2. The molecular weight excluding hydrogens is 188 g/mol. The van der Waals surface area contributed by atoms with Gasteiger partial charge in [-0.05, 0) is 32.1 Å². The highest BCUT2D eigenvalue weighted by atomic mass is 35.5. The quantitative estimate of drug-likeness (QED) is 0.485. The van der Waals surface area contributed by atoms with Crippen molar-refractivity contribution in [1.29, 1.82) is 0 Å². The molecule has 1 fully saturated rings. The van der Waals surface area contributed by atoms with Gasteiger partial charge in [0.15, 0.2) is 0 Å². The molecule has 0 aromatic heterocycles. The average Bonchev–Trinajstić information content (AvgIpc) is 2.11. The lowest BCUT2D eigenvalue weighted by Crippen LogP contribution is -2.40. The summed E-state index contributed by atoms with van der Waals surface area (Å²) in [6, 6.07) is 0. The normalized spacial score (nSPS) is 40.0. The van der Waals surface area contributed by atoms with Crippen LogP contribution in [0.2, 0.25) is 0 Å². The topological polar surface area (TPSA) is 26.3 Å². The number of hydrogen-bond donors (Lipinski definition) is 0. The van der Waals surface area contributed by atoms with Gasteiger partial charge >= 0.3 is 5.97 Å². The summed E-state index contributed by atoms with van der Waals surface area (Å²) < 4.78 is 4.82. The molecule has 0 saturated heterocycles. The summed E-state index contributed by atoms with van der Waals surface area (Å²) in [4.78, 5) is 11.5. The van der Waals surface area contributed by atoms with Crippen LogP contribution in [0.5, 0.6) is 0 Å². The highest BCUT2D eigenvalue weighted by Gasteiger charge is 2.43. The van der Waals surface area contributed by atoms with E-state index >= 15 is 0 Å². The first-order valence-electron chi connectivity index (χ1n) is 4.73. The Kier molecular flexibility index (Phi) is 3.23. The van der Waals surface area contributed by atoms with E-state index in [0.29, 0.717) is 5.92 Å². The molecule has 0 heterocycles. The average molecular weight is 205 g/mol. The molecule has 0 bridgehead atoms. The van der Waals surface area contributed by atoms with Crippen molar-refractivity contribution in [3.05, 3.63) is 0 Å². The number of carbonyl (C=O) groups is 1. The van der Waals surface area contributed by atoms with Crippen LogP contribution < -0.4 is 0 Å². The van der Waals surface area contributed by atoms with Crippen LogP contribution in [-0.2, 0) is 9.53 Å². The predicted octanol–water partition coefficient (Wildman–Crippen LogP) is 2.59. The van der Waals surface area contributed by atoms with Crippen LogP contribution in [0.1, 0.15) is 33.1 Å². The number of esters is 1. The summed E-state index contributed by atoms with van der Waals surface area (Å²) in [5, 5.41) is 0.229. The van der Waals surface area contributed by atoms with Crippen molar-refractivity contribution in [1.82, 2.24) is 0 Å². The SMILES string of the molecule is COC(=O)[C@@]1(C)CC[C@H](Cl)CC1C. The third kappa shape index (κ3) is 1.98. The zero-order chi connectivity index (χ0) is 10.1. The first-order valence-corrected chi connectivity index (χ1v) is 5.17. The molecule has 2 nitrogen and oxygen atoms in total. The van der Waals surface area contributed by atoms with Crippen LogP contribution in [0.3, 0.4) is 0 Å². The van der Waals surface area contributed by atoms with Crippen molar-refractivity contribution in [2.75, 3.05) is 7.11 Å². The highest BCUT2D eigenvalue weighted by molar-refractivity contribution is 6.20. The number of ether oxygens (including phenoxy) is 1. The molecule has 1 rings (SSSR count). The van der Waals surface area contributed by atoms with E-state index < -0.39 is 0 Å². The molecule has 1 unspecified atom stereocenters. The number of rotatable bonds is 1. The molecule has 3 heteroatoms. The van der Waals surface area contributed by atoms with Gasteiger partial charge in [-0.2, -0.15) is 0 Å². The minimum absolute atomic E-state index is 0.0939. The maximum atomic E-state index is 11.5. The Morgan fingerprint density at radius 1 is 1.62 bits per heavy atom. The van der Waals surface area contributed by atoms with Gasteiger partial charge in [-0.25, -0.2) is 0 Å². The summed E-state index contributed by atoms with van der Waals surface area (Å²) in [7, 11) is 1.45. The Bertz CT molecular complexity index is 205. The molecule has 1 aliphatic rings. The lowest BCUT2D eigenvalue weighted by molar-refractivity contribution is -0.156. The third-order valence-corrected chi connectivity index (χ3v) is 3.72. The van der Waals surface area contributed by atoms with Gasteiger partial charge in [0.2, 0.25) is 0 Å². The lowest BCUT2D eigenvalue weighted by Gasteiger charge is -2.38. The first-order chi connectivity index (χ1) is 6.00. The van der Waals surface area contributed by atoms with Crippen LogP contribution in [-0.4, -0.2) is 18.5 Å². The van der Waals surface area contributed by atoms with Crippen molar-refractivity contribution in [3.63, 3.8) is 0 Å². The van der Waals surface area contributed by atoms with Gasteiger partial charge in [0.1, 0.15) is 0 Å². The molecule has 76 valence electrons. The summed E-state index contributed by atoms with van der Waals surface area (Å²) in [6.45, 7) is 4.05. The minimum Gasteiger partial charge on any atom is -0.469 e. The van der Waals surface area contributed by atoms with Gasteiger partial charge in [-0.3, -0.25) is 4.79 Å². The van der Waals surface area contributed by atoms with E-state index in [9.17, 15) is 4.79 Å². The van der Waals surface area contributed by atoms with Gasteiger partial charge < -0.3 is 4.74 Å². The van der Waals surface area contributed by atoms with Gasteiger partial charge in [-0.15, -0.1) is 11.6 Å². The largest absolute Gasteiger partial charge is 0.469 e. The second-order valence-corrected chi connectivity index (χ2v) is 4.80. The van der Waals surface area contributed by atoms with E-state index in [-0.39, 0.29) is 16.8 Å². The summed E-state index contributed by atoms with van der Waals surface area (Å²) in [5.74, 6) is 0.222. The summed E-state index contributed by atoms with van der Waals surface area (Å²) >= 11 is 6.03. The fraction of sp³-hybridized carbons (Fsp3) is 0.900. The molecule has 0 radical (unpaired) electrons. The van der Waals surface area contributed by atoms with E-state index in [1.807, 2.05) is 6.92 Å². The molecule has 1 saturated carbocycles. The van der Waals surface area contributed by atoms with Crippen LogP contribution >= 0.6 is 11.6 Å². The third-order valence-electron chi connectivity index (χ3n) is 3.33. The fourth-order valence-corrected chi connectivity index (χ4v) is 2.38. The van der Waals surface area contributed by atoms with Crippen LogP contribution in [0.15, 0.2) is 0 Å². The molecule has 0 aromatic rings. The number of alkyl halides is 1. The predicted molar refractivity (Wildman–Crippen MR) is 52.8 cm³/mol. The van der Waals surface area contributed by atoms with Crippen molar-refractivity contribution in [3.8, 4) is 0 Å². The van der Waals surface area contributed by atoms with Crippen LogP contribution in [0.4, 0.5) is 0 Å². The van der Waals surface area contributed by atoms with Crippen LogP contribution in [0.25, 0.3) is 0 Å². The zero-order valence-corrected chi connectivity index (χ0v) is 9.23. The Hall–Kier alpha value is -0.240. The zero-order valence-electron chi connectivity index (χ0n) is 8.47. The molecule has 0 N–H and O–H groups in total. The Labute approximate surface area is 84.6 Å². The van der Waals surface area contributed by atoms with Crippen molar-refractivity contribution >= 4 is 17.6 Å². The Morgan fingerprint density at radius 3 is 2.69 bits per heavy atom. The van der Waals surface area contributed by atoms with E-state index in [0.717, 1.165) is 19.3 Å². The molecule has 0 amide bonds. The number of hydrogen-bond acceptors (Lipinski definition) is 2. The van der Waals surface area contributed by atoms with E-state index in [4.69, 9.17) is 16.3 Å². The monoisotopic (exact) mass is 204 g/mol. The second-order valence-electron chi connectivity index (χ2n) is 4.18. The molecule has 0 spiro atoms. The van der Waals surface area contributed by atoms with Crippen molar-refractivity contribution < 1.29 is 9.53 Å². The maximum absolute atomic E-state index is 11.5. The standard InChI is InChI=1S/C10H17ClO2/c1-7-6-8(11)4-5-10(7,2)9(12)13-3/h7-8H,4-6H2,1-3H3/t7?,8-,10-/m0/s1. The van der Waals surface area contributed by atoms with Gasteiger partial charge in [0, 0.05) is 5.38 Å². The maximum Gasteiger partial charge on any atom is 0.311 e. The second kappa shape index (κ2) is 3.87. The van der Waals surface area contributed by atoms with Crippen LogP contribution in [0, 0.1) is 11.3 Å². The lowest BCUT2D eigenvalue weighted by atomic mass is 9.68. The molecule has 1 aliphatic carbocycles. The summed E-state index contributed by atoms with van der Waals surface area (Å²) in [6.07, 6.45) is 2.67. The first kappa shape index (κ1) is 10.8. The summed E-state index contributed by atoms with van der Waals surface area (Å²) in [5.41, 5.74) is -0.319. The van der Waals surface area contributed by atoms with E-state index in [2.05, 4.69) is 6.92 Å². The molecule has 0 aliphatic heterocycles. The Balaban J connectivity index is 2.73. The number of carbonyl (C=O) groups excluding carboxylic acids is 1. The van der Waals surface area contributed by atoms with Gasteiger partial charge in [0.05, 0.1) is 12.5 Å². The highest BCUT2D eigenvalue weighted by Crippen LogP contribution is 2.43. The fourth-order valence-electron chi connectivity index (χ4n) is 2.00. The minimum atomic E-state index is -0.319. The smallest absolute Gasteiger partial charge is 0.311 e. The number of methoxy groups -OCH3 is 1.